The topological polar surface area (TPSA) is 88.5 Å². The Hall–Kier alpha value is -2.89. The van der Waals surface area contributed by atoms with Gasteiger partial charge >= 0.3 is 5.97 Å². The summed E-state index contributed by atoms with van der Waals surface area (Å²) in [5.41, 5.74) is 3.24. The van der Waals surface area contributed by atoms with Gasteiger partial charge < -0.3 is 15.2 Å². The standard InChI is InChI=1S/C20H22N2O4/c1-12(2)7-17(20(24)25)22-19(23)16-9-15(10-21-11-16)13-3-4-18-14(8-13)5-6-26-18/h3-4,8-12,17H,5-7H2,1-2H3,(H,22,23)(H,24,25). The summed E-state index contributed by atoms with van der Waals surface area (Å²) in [7, 11) is 0. The van der Waals surface area contributed by atoms with Crippen molar-refractivity contribution < 1.29 is 19.4 Å². The minimum atomic E-state index is -1.03. The monoisotopic (exact) mass is 354 g/mol. The number of fused-ring (bicyclic) bond motifs is 1. The van der Waals surface area contributed by atoms with Crippen molar-refractivity contribution in [2.24, 2.45) is 5.92 Å². The quantitative estimate of drug-likeness (QED) is 0.833. The lowest BCUT2D eigenvalue weighted by Gasteiger charge is -2.16. The van der Waals surface area contributed by atoms with E-state index >= 15 is 0 Å². The normalized spacial score (nSPS) is 13.8. The second kappa shape index (κ2) is 7.56. The van der Waals surface area contributed by atoms with Crippen molar-refractivity contribution in [2.75, 3.05) is 6.61 Å². The molecule has 2 aromatic rings. The summed E-state index contributed by atoms with van der Waals surface area (Å²) < 4.78 is 5.51. The fourth-order valence-corrected chi connectivity index (χ4v) is 3.02. The van der Waals surface area contributed by atoms with Crippen LogP contribution in [-0.4, -0.2) is 34.6 Å². The molecular weight excluding hydrogens is 332 g/mol. The Labute approximate surface area is 152 Å². The maximum Gasteiger partial charge on any atom is 0.326 e. The van der Waals surface area contributed by atoms with Crippen LogP contribution < -0.4 is 10.1 Å². The van der Waals surface area contributed by atoms with Crippen molar-refractivity contribution in [2.45, 2.75) is 32.7 Å². The van der Waals surface area contributed by atoms with Crippen LogP contribution in [0, 0.1) is 5.92 Å². The molecule has 6 heteroatoms. The van der Waals surface area contributed by atoms with E-state index in [1.54, 1.807) is 12.3 Å². The van der Waals surface area contributed by atoms with Gasteiger partial charge in [0.15, 0.2) is 0 Å². The highest BCUT2D eigenvalue weighted by molar-refractivity contribution is 5.97. The van der Waals surface area contributed by atoms with Crippen molar-refractivity contribution in [3.8, 4) is 16.9 Å². The molecule has 2 N–H and O–H groups in total. The lowest BCUT2D eigenvalue weighted by Crippen LogP contribution is -2.41. The Morgan fingerprint density at radius 2 is 2.04 bits per heavy atom. The van der Waals surface area contributed by atoms with Gasteiger partial charge in [-0.3, -0.25) is 9.78 Å². The number of carboxylic acids is 1. The van der Waals surface area contributed by atoms with E-state index in [0.29, 0.717) is 18.6 Å². The summed E-state index contributed by atoms with van der Waals surface area (Å²) in [4.78, 5) is 28.0. The lowest BCUT2D eigenvalue weighted by atomic mass is 10.0. The molecular formula is C20H22N2O4. The number of pyridine rings is 1. The largest absolute Gasteiger partial charge is 0.493 e. The Morgan fingerprint density at radius 3 is 2.77 bits per heavy atom. The minimum Gasteiger partial charge on any atom is -0.493 e. The molecule has 136 valence electrons. The third-order valence-electron chi connectivity index (χ3n) is 4.33. The van der Waals surface area contributed by atoms with Crippen molar-refractivity contribution in [1.29, 1.82) is 0 Å². The summed E-state index contributed by atoms with van der Waals surface area (Å²) in [6.45, 7) is 4.52. The van der Waals surface area contributed by atoms with Gasteiger partial charge in [-0.2, -0.15) is 0 Å². The van der Waals surface area contributed by atoms with Gasteiger partial charge in [-0.1, -0.05) is 19.9 Å². The van der Waals surface area contributed by atoms with Gasteiger partial charge in [0.1, 0.15) is 11.8 Å². The molecule has 3 rings (SSSR count). The SMILES string of the molecule is CC(C)CC(NC(=O)c1cncc(-c2ccc3c(c2)CCO3)c1)C(=O)O. The number of carboxylic acid groups (broad SMARTS) is 1. The van der Waals surface area contributed by atoms with Crippen LogP contribution in [0.3, 0.4) is 0 Å². The van der Waals surface area contributed by atoms with Crippen LogP contribution in [0.15, 0.2) is 36.7 Å². The van der Waals surface area contributed by atoms with E-state index in [1.165, 1.54) is 6.20 Å². The molecule has 0 radical (unpaired) electrons. The van der Waals surface area contributed by atoms with Crippen LogP contribution in [-0.2, 0) is 11.2 Å². The first-order valence-electron chi connectivity index (χ1n) is 8.69. The number of hydrogen-bond donors (Lipinski definition) is 2. The summed E-state index contributed by atoms with van der Waals surface area (Å²) in [5.74, 6) is -0.408. The highest BCUT2D eigenvalue weighted by Crippen LogP contribution is 2.30. The van der Waals surface area contributed by atoms with Crippen molar-refractivity contribution in [3.05, 3.63) is 47.8 Å². The number of amides is 1. The summed E-state index contributed by atoms with van der Waals surface area (Å²) >= 11 is 0. The Kier molecular flexibility index (Phi) is 5.21. The number of rotatable bonds is 6. The first-order valence-corrected chi connectivity index (χ1v) is 8.69. The van der Waals surface area contributed by atoms with Crippen molar-refractivity contribution in [3.63, 3.8) is 0 Å². The summed E-state index contributed by atoms with van der Waals surface area (Å²) in [6, 6.07) is 6.71. The Morgan fingerprint density at radius 1 is 1.23 bits per heavy atom. The van der Waals surface area contributed by atoms with E-state index < -0.39 is 17.9 Å². The molecule has 0 saturated heterocycles. The van der Waals surface area contributed by atoms with E-state index in [2.05, 4.69) is 10.3 Å². The molecule has 1 aliphatic heterocycles. The van der Waals surface area contributed by atoms with Gasteiger partial charge in [-0.25, -0.2) is 4.79 Å². The molecule has 0 fully saturated rings. The molecule has 0 aliphatic carbocycles. The molecule has 1 aliphatic rings. The summed E-state index contributed by atoms with van der Waals surface area (Å²) in [5, 5.41) is 11.9. The number of carbonyl (C=O) groups excluding carboxylic acids is 1. The first kappa shape index (κ1) is 17.9. The number of aliphatic carboxylic acids is 1. The van der Waals surface area contributed by atoms with Crippen molar-refractivity contribution in [1.82, 2.24) is 10.3 Å². The predicted molar refractivity (Wildman–Crippen MR) is 97.2 cm³/mol. The molecule has 26 heavy (non-hydrogen) atoms. The van der Waals surface area contributed by atoms with Crippen LogP contribution in [0.2, 0.25) is 0 Å². The average Bonchev–Trinajstić information content (AvgIpc) is 3.08. The molecule has 1 amide bonds. The number of nitrogens with one attached hydrogen (secondary N) is 1. The third kappa shape index (κ3) is 4.02. The predicted octanol–water partition coefficient (Wildman–Crippen LogP) is 2.91. The van der Waals surface area contributed by atoms with E-state index in [9.17, 15) is 14.7 Å². The second-order valence-electron chi connectivity index (χ2n) is 6.88. The smallest absolute Gasteiger partial charge is 0.326 e. The molecule has 1 aromatic heterocycles. The van der Waals surface area contributed by atoms with Crippen LogP contribution in [0.25, 0.3) is 11.1 Å². The zero-order valence-corrected chi connectivity index (χ0v) is 14.9. The molecule has 0 saturated carbocycles. The number of ether oxygens (including phenoxy) is 1. The van der Waals surface area contributed by atoms with Gasteiger partial charge in [0.2, 0.25) is 0 Å². The molecule has 6 nitrogen and oxygen atoms in total. The first-order chi connectivity index (χ1) is 12.4. The zero-order chi connectivity index (χ0) is 18.7. The number of aromatic nitrogens is 1. The van der Waals surface area contributed by atoms with Crippen molar-refractivity contribution >= 4 is 11.9 Å². The highest BCUT2D eigenvalue weighted by Gasteiger charge is 2.22. The fraction of sp³-hybridized carbons (Fsp3) is 0.350. The molecule has 1 unspecified atom stereocenters. The second-order valence-corrected chi connectivity index (χ2v) is 6.88. The van der Waals surface area contributed by atoms with Crippen LogP contribution in [0.5, 0.6) is 5.75 Å². The summed E-state index contributed by atoms with van der Waals surface area (Å²) in [6.07, 6.45) is 4.38. The molecule has 2 heterocycles. The molecule has 1 atom stereocenters. The van der Waals surface area contributed by atoms with Gasteiger partial charge in [-0.05, 0) is 41.7 Å². The van der Waals surface area contributed by atoms with E-state index in [1.807, 2.05) is 32.0 Å². The fourth-order valence-electron chi connectivity index (χ4n) is 3.02. The lowest BCUT2D eigenvalue weighted by molar-refractivity contribution is -0.139. The van der Waals surface area contributed by atoms with E-state index in [4.69, 9.17) is 4.74 Å². The average molecular weight is 354 g/mol. The number of nitrogens with zero attached hydrogens (tertiary/aromatic N) is 1. The maximum atomic E-state index is 12.5. The number of benzene rings is 1. The number of hydrogen-bond acceptors (Lipinski definition) is 4. The van der Waals surface area contributed by atoms with Crippen LogP contribution >= 0.6 is 0 Å². The zero-order valence-electron chi connectivity index (χ0n) is 14.9. The maximum absolute atomic E-state index is 12.5. The van der Waals surface area contributed by atoms with Gasteiger partial charge in [0.05, 0.1) is 12.2 Å². The van der Waals surface area contributed by atoms with E-state index in [0.717, 1.165) is 28.9 Å². The molecule has 0 bridgehead atoms. The minimum absolute atomic E-state index is 0.162. The van der Waals surface area contributed by atoms with Crippen LogP contribution in [0.4, 0.5) is 0 Å². The highest BCUT2D eigenvalue weighted by atomic mass is 16.5. The van der Waals surface area contributed by atoms with Gasteiger partial charge in [0, 0.05) is 24.4 Å². The van der Waals surface area contributed by atoms with Gasteiger partial charge in [0.25, 0.3) is 5.91 Å². The van der Waals surface area contributed by atoms with Crippen LogP contribution in [0.1, 0.15) is 36.2 Å². The number of carbonyl (C=O) groups is 2. The Bertz CT molecular complexity index is 832. The Balaban J connectivity index is 1.80. The molecule has 0 spiro atoms. The van der Waals surface area contributed by atoms with Gasteiger partial charge in [-0.15, -0.1) is 0 Å². The van der Waals surface area contributed by atoms with E-state index in [-0.39, 0.29) is 5.92 Å². The third-order valence-corrected chi connectivity index (χ3v) is 4.33. The molecule has 1 aromatic carbocycles.